The fourth-order valence-electron chi connectivity index (χ4n) is 2.85. The molecule has 132 valence electrons. The van der Waals surface area contributed by atoms with Crippen LogP contribution in [0.1, 0.15) is 37.7 Å². The van der Waals surface area contributed by atoms with Crippen LogP contribution in [-0.4, -0.2) is 36.1 Å². The van der Waals surface area contributed by atoms with Crippen molar-refractivity contribution >= 4 is 34.2 Å². The molecule has 1 amide bonds. The molecule has 0 saturated carbocycles. The average Bonchev–Trinajstić information content (AvgIpc) is 3.27. The van der Waals surface area contributed by atoms with Gasteiger partial charge in [-0.25, -0.2) is 9.59 Å². The Morgan fingerprint density at radius 3 is 2.76 bits per heavy atom. The SMILES string of the molecule is COC(=O)c1c(NC(=O)COC(=O)c2cccn2C)sc2c1CCC2. The number of carbonyl (C=O) groups is 3. The maximum Gasteiger partial charge on any atom is 0.355 e. The summed E-state index contributed by atoms with van der Waals surface area (Å²) in [6.45, 7) is -0.423. The normalized spacial score (nSPS) is 12.6. The summed E-state index contributed by atoms with van der Waals surface area (Å²) in [6.07, 6.45) is 4.40. The number of hydrogen-bond donors (Lipinski definition) is 1. The first-order valence-electron chi connectivity index (χ1n) is 7.82. The van der Waals surface area contributed by atoms with Gasteiger partial charge in [0.05, 0.1) is 12.7 Å². The first kappa shape index (κ1) is 17.2. The van der Waals surface area contributed by atoms with E-state index >= 15 is 0 Å². The molecule has 7 nitrogen and oxygen atoms in total. The van der Waals surface area contributed by atoms with Crippen molar-refractivity contribution in [2.75, 3.05) is 19.0 Å². The molecule has 0 fully saturated rings. The number of esters is 2. The molecular formula is C17H18N2O5S. The van der Waals surface area contributed by atoms with Crippen LogP contribution in [0.5, 0.6) is 0 Å². The van der Waals surface area contributed by atoms with Gasteiger partial charge in [-0.1, -0.05) is 0 Å². The van der Waals surface area contributed by atoms with Crippen LogP contribution in [0.4, 0.5) is 5.00 Å². The summed E-state index contributed by atoms with van der Waals surface area (Å²) in [7, 11) is 3.03. The summed E-state index contributed by atoms with van der Waals surface area (Å²) in [5.74, 6) is -1.53. The molecule has 25 heavy (non-hydrogen) atoms. The van der Waals surface area contributed by atoms with Gasteiger partial charge >= 0.3 is 11.9 Å². The Bertz CT molecular complexity index is 836. The molecule has 0 atom stereocenters. The molecule has 0 aromatic carbocycles. The van der Waals surface area contributed by atoms with Crippen LogP contribution in [0.25, 0.3) is 0 Å². The molecular weight excluding hydrogens is 344 g/mol. The Morgan fingerprint density at radius 2 is 2.08 bits per heavy atom. The fraction of sp³-hybridized carbons (Fsp3) is 0.353. The number of amides is 1. The average molecular weight is 362 g/mol. The van der Waals surface area contributed by atoms with Crippen LogP contribution in [0.3, 0.4) is 0 Å². The third-order valence-corrected chi connectivity index (χ3v) is 5.26. The quantitative estimate of drug-likeness (QED) is 0.824. The highest BCUT2D eigenvalue weighted by atomic mass is 32.1. The number of methoxy groups -OCH3 is 1. The van der Waals surface area contributed by atoms with Crippen molar-refractivity contribution in [1.29, 1.82) is 0 Å². The molecule has 1 aliphatic carbocycles. The molecule has 3 rings (SSSR count). The minimum Gasteiger partial charge on any atom is -0.465 e. The maximum absolute atomic E-state index is 12.1. The standard InChI is InChI=1S/C17H18N2O5S/c1-19-8-4-6-11(19)16(21)24-9-13(20)18-15-14(17(22)23-2)10-5-3-7-12(10)25-15/h4,6,8H,3,5,7,9H2,1-2H3,(H,18,20). The highest BCUT2D eigenvalue weighted by molar-refractivity contribution is 7.17. The molecule has 8 heteroatoms. The number of rotatable bonds is 5. The minimum absolute atomic E-state index is 0.359. The number of nitrogens with zero attached hydrogens (tertiary/aromatic N) is 1. The number of hydrogen-bond acceptors (Lipinski definition) is 6. The lowest BCUT2D eigenvalue weighted by Gasteiger charge is -2.08. The van der Waals surface area contributed by atoms with E-state index in [0.29, 0.717) is 16.3 Å². The number of ether oxygens (including phenoxy) is 2. The predicted octanol–water partition coefficient (Wildman–Crippen LogP) is 2.16. The van der Waals surface area contributed by atoms with Crippen molar-refractivity contribution in [1.82, 2.24) is 4.57 Å². The lowest BCUT2D eigenvalue weighted by molar-refractivity contribution is -0.119. The summed E-state index contributed by atoms with van der Waals surface area (Å²) in [4.78, 5) is 37.2. The van der Waals surface area contributed by atoms with Crippen molar-refractivity contribution in [3.8, 4) is 0 Å². The van der Waals surface area contributed by atoms with Gasteiger partial charge in [0.15, 0.2) is 6.61 Å². The van der Waals surface area contributed by atoms with Gasteiger partial charge in [0, 0.05) is 18.1 Å². The second kappa shape index (κ2) is 7.10. The van der Waals surface area contributed by atoms with E-state index in [9.17, 15) is 14.4 Å². The molecule has 0 unspecified atom stereocenters. The van der Waals surface area contributed by atoms with Gasteiger partial charge in [-0.3, -0.25) is 4.79 Å². The molecule has 0 aliphatic heterocycles. The number of carbonyl (C=O) groups excluding carboxylic acids is 3. The van der Waals surface area contributed by atoms with Crippen molar-refractivity contribution in [3.05, 3.63) is 40.0 Å². The van der Waals surface area contributed by atoms with E-state index in [1.807, 2.05) is 0 Å². The topological polar surface area (TPSA) is 86.6 Å². The molecule has 0 spiro atoms. The molecule has 2 aromatic rings. The Balaban J connectivity index is 1.66. The predicted molar refractivity (Wildman–Crippen MR) is 92.0 cm³/mol. The van der Waals surface area contributed by atoms with Crippen LogP contribution >= 0.6 is 11.3 Å². The maximum atomic E-state index is 12.1. The lowest BCUT2D eigenvalue weighted by Crippen LogP contribution is -2.22. The molecule has 1 aliphatic rings. The smallest absolute Gasteiger partial charge is 0.355 e. The molecule has 0 saturated heterocycles. The van der Waals surface area contributed by atoms with E-state index in [1.54, 1.807) is 29.9 Å². The largest absolute Gasteiger partial charge is 0.465 e. The van der Waals surface area contributed by atoms with Gasteiger partial charge < -0.3 is 19.4 Å². The summed E-state index contributed by atoms with van der Waals surface area (Å²) >= 11 is 1.38. The second-order valence-electron chi connectivity index (χ2n) is 5.68. The number of nitrogens with one attached hydrogen (secondary N) is 1. The number of fused-ring (bicyclic) bond motifs is 1. The summed E-state index contributed by atoms with van der Waals surface area (Å²) < 4.78 is 11.5. The van der Waals surface area contributed by atoms with Crippen LogP contribution in [0, 0.1) is 0 Å². The van der Waals surface area contributed by atoms with E-state index in [-0.39, 0.29) is 0 Å². The highest BCUT2D eigenvalue weighted by Crippen LogP contribution is 2.39. The van der Waals surface area contributed by atoms with E-state index < -0.39 is 24.5 Å². The third kappa shape index (κ3) is 3.43. The Kier molecular flexibility index (Phi) is 4.89. The molecule has 1 N–H and O–H groups in total. The zero-order valence-electron chi connectivity index (χ0n) is 14.0. The van der Waals surface area contributed by atoms with E-state index in [2.05, 4.69) is 5.32 Å². The summed E-state index contributed by atoms with van der Waals surface area (Å²) in [6, 6.07) is 3.33. The number of aryl methyl sites for hydroxylation is 2. The molecule has 2 heterocycles. The van der Waals surface area contributed by atoms with Crippen LogP contribution in [-0.2, 0) is 34.2 Å². The van der Waals surface area contributed by atoms with Gasteiger partial charge in [0.2, 0.25) is 0 Å². The Morgan fingerprint density at radius 1 is 1.28 bits per heavy atom. The van der Waals surface area contributed by atoms with Crippen LogP contribution in [0.15, 0.2) is 18.3 Å². The van der Waals surface area contributed by atoms with Gasteiger partial charge in [0.1, 0.15) is 10.7 Å². The van der Waals surface area contributed by atoms with E-state index in [1.165, 1.54) is 18.4 Å². The molecule has 2 aromatic heterocycles. The van der Waals surface area contributed by atoms with Crippen molar-refractivity contribution < 1.29 is 23.9 Å². The minimum atomic E-state index is -0.579. The third-order valence-electron chi connectivity index (χ3n) is 4.05. The Hall–Kier alpha value is -2.61. The van der Waals surface area contributed by atoms with Crippen LogP contribution in [0.2, 0.25) is 0 Å². The first-order chi connectivity index (χ1) is 12.0. The summed E-state index contributed by atoms with van der Waals surface area (Å²) in [5, 5.41) is 3.12. The monoisotopic (exact) mass is 362 g/mol. The van der Waals surface area contributed by atoms with Gasteiger partial charge in [0.25, 0.3) is 5.91 Å². The number of anilines is 1. The fourth-order valence-corrected chi connectivity index (χ4v) is 4.14. The van der Waals surface area contributed by atoms with E-state index in [4.69, 9.17) is 9.47 Å². The van der Waals surface area contributed by atoms with Gasteiger partial charge in [-0.05, 0) is 37.0 Å². The van der Waals surface area contributed by atoms with Crippen LogP contribution < -0.4 is 5.32 Å². The number of aromatic nitrogens is 1. The Labute approximate surface area is 148 Å². The van der Waals surface area contributed by atoms with Gasteiger partial charge in [-0.2, -0.15) is 0 Å². The summed E-state index contributed by atoms with van der Waals surface area (Å²) in [5.41, 5.74) is 1.73. The lowest BCUT2D eigenvalue weighted by atomic mass is 10.1. The first-order valence-corrected chi connectivity index (χ1v) is 8.64. The van der Waals surface area contributed by atoms with Crippen molar-refractivity contribution in [2.24, 2.45) is 7.05 Å². The second-order valence-corrected chi connectivity index (χ2v) is 6.79. The zero-order chi connectivity index (χ0) is 18.0. The van der Waals surface area contributed by atoms with Crippen molar-refractivity contribution in [3.63, 3.8) is 0 Å². The molecule has 0 bridgehead atoms. The van der Waals surface area contributed by atoms with Crippen molar-refractivity contribution in [2.45, 2.75) is 19.3 Å². The zero-order valence-corrected chi connectivity index (χ0v) is 14.8. The van der Waals surface area contributed by atoms with Gasteiger partial charge in [-0.15, -0.1) is 11.3 Å². The van der Waals surface area contributed by atoms with E-state index in [0.717, 1.165) is 29.7 Å². The molecule has 0 radical (unpaired) electrons. The number of thiophene rings is 1. The highest BCUT2D eigenvalue weighted by Gasteiger charge is 2.28.